The van der Waals surface area contributed by atoms with Crippen LogP contribution in [0.25, 0.3) is 11.1 Å². The third kappa shape index (κ3) is 6.20. The van der Waals surface area contributed by atoms with Crippen LogP contribution in [-0.4, -0.2) is 53.3 Å². The highest BCUT2D eigenvalue weighted by atomic mass is 32.2. The van der Waals surface area contributed by atoms with Crippen molar-refractivity contribution in [1.29, 1.82) is 0 Å². The summed E-state index contributed by atoms with van der Waals surface area (Å²) in [5.74, 6) is 2.46. The number of methoxy groups -OCH3 is 1. The smallest absolute Gasteiger partial charge is 0.306 e. The van der Waals surface area contributed by atoms with E-state index in [1.807, 2.05) is 50.2 Å². The summed E-state index contributed by atoms with van der Waals surface area (Å²) < 4.78 is 51.7. The first-order chi connectivity index (χ1) is 19.1. The van der Waals surface area contributed by atoms with Gasteiger partial charge in [0, 0.05) is 23.8 Å². The van der Waals surface area contributed by atoms with Crippen LogP contribution in [0.3, 0.4) is 0 Å². The Bertz CT molecular complexity index is 1510. The van der Waals surface area contributed by atoms with Crippen LogP contribution in [0.15, 0.2) is 48.5 Å². The predicted octanol–water partition coefficient (Wildman–Crippen LogP) is 5.34. The second kappa shape index (κ2) is 11.4. The van der Waals surface area contributed by atoms with Gasteiger partial charge in [0.25, 0.3) is 0 Å². The minimum absolute atomic E-state index is 0.0680. The number of sulfone groups is 1. The summed E-state index contributed by atoms with van der Waals surface area (Å²) in [5, 5.41) is 0. The minimum Gasteiger partial charge on any atom is -0.494 e. The van der Waals surface area contributed by atoms with Gasteiger partial charge in [-0.25, -0.2) is 8.42 Å². The van der Waals surface area contributed by atoms with E-state index in [2.05, 4.69) is 12.1 Å². The fourth-order valence-electron chi connectivity index (χ4n) is 5.32. The molecule has 0 unspecified atom stereocenters. The first-order valence-corrected chi connectivity index (χ1v) is 15.4. The van der Waals surface area contributed by atoms with Crippen LogP contribution in [0.5, 0.6) is 23.0 Å². The summed E-state index contributed by atoms with van der Waals surface area (Å²) in [6.07, 6.45) is 1.65. The molecule has 0 amide bonds. The molecule has 8 nitrogen and oxygen atoms in total. The van der Waals surface area contributed by atoms with E-state index in [-0.39, 0.29) is 30.2 Å². The molecule has 0 fully saturated rings. The Labute approximate surface area is 235 Å². The molecule has 0 aromatic heterocycles. The summed E-state index contributed by atoms with van der Waals surface area (Å²) in [6.45, 7) is 5.21. The number of carbonyl (C=O) groups is 1. The molecule has 2 heterocycles. The minimum atomic E-state index is -3.00. The first-order valence-electron chi connectivity index (χ1n) is 13.3. The van der Waals surface area contributed by atoms with Crippen LogP contribution in [0.2, 0.25) is 0 Å². The number of hydrogen-bond acceptors (Lipinski definition) is 8. The van der Waals surface area contributed by atoms with E-state index in [0.29, 0.717) is 43.5 Å². The Morgan fingerprint density at radius 2 is 1.73 bits per heavy atom. The van der Waals surface area contributed by atoms with Crippen molar-refractivity contribution in [2.75, 3.05) is 38.9 Å². The van der Waals surface area contributed by atoms with E-state index in [1.165, 1.54) is 13.4 Å². The van der Waals surface area contributed by atoms with E-state index < -0.39 is 9.84 Å². The maximum absolute atomic E-state index is 11.8. The zero-order chi connectivity index (χ0) is 28.4. The van der Waals surface area contributed by atoms with Crippen molar-refractivity contribution < 1.29 is 36.9 Å². The number of benzene rings is 3. The van der Waals surface area contributed by atoms with Gasteiger partial charge in [0.05, 0.1) is 32.5 Å². The largest absolute Gasteiger partial charge is 0.494 e. The number of esters is 1. The lowest BCUT2D eigenvalue weighted by molar-refractivity contribution is -0.141. The molecule has 0 saturated heterocycles. The molecule has 0 N–H and O–H groups in total. The molecular weight excluding hydrogens is 532 g/mol. The molecule has 3 aromatic carbocycles. The molecule has 2 atom stereocenters. The third-order valence-electron chi connectivity index (χ3n) is 7.24. The Morgan fingerprint density at radius 1 is 0.975 bits per heavy atom. The van der Waals surface area contributed by atoms with Crippen molar-refractivity contribution in [1.82, 2.24) is 0 Å². The van der Waals surface area contributed by atoms with Gasteiger partial charge in [-0.1, -0.05) is 18.2 Å². The zero-order valence-corrected chi connectivity index (χ0v) is 24.0. The molecule has 0 spiro atoms. The van der Waals surface area contributed by atoms with E-state index in [1.54, 1.807) is 0 Å². The molecule has 0 bridgehead atoms. The molecule has 0 radical (unpaired) electrons. The van der Waals surface area contributed by atoms with Gasteiger partial charge in [0.15, 0.2) is 17.6 Å². The second-order valence-electron chi connectivity index (χ2n) is 10.4. The average Bonchev–Trinajstić information content (AvgIpc) is 3.29. The van der Waals surface area contributed by atoms with E-state index >= 15 is 0 Å². The Hall–Kier alpha value is -3.72. The van der Waals surface area contributed by atoms with Crippen molar-refractivity contribution in [2.24, 2.45) is 0 Å². The number of hydrogen-bond donors (Lipinski definition) is 0. The summed E-state index contributed by atoms with van der Waals surface area (Å²) in [6, 6.07) is 16.0. The molecule has 2 aliphatic rings. The highest BCUT2D eigenvalue weighted by Gasteiger charge is 2.32. The normalized spacial score (nSPS) is 17.6. The van der Waals surface area contributed by atoms with E-state index in [4.69, 9.17) is 23.7 Å². The van der Waals surface area contributed by atoms with Crippen LogP contribution in [-0.2, 0) is 19.4 Å². The van der Waals surface area contributed by atoms with Gasteiger partial charge in [-0.15, -0.1) is 0 Å². The molecule has 40 heavy (non-hydrogen) atoms. The molecule has 0 saturated carbocycles. The summed E-state index contributed by atoms with van der Waals surface area (Å²) in [4.78, 5) is 11.8. The third-order valence-corrected chi connectivity index (χ3v) is 8.27. The lowest BCUT2D eigenvalue weighted by Gasteiger charge is -2.28. The highest BCUT2D eigenvalue weighted by Crippen LogP contribution is 2.46. The van der Waals surface area contributed by atoms with E-state index in [9.17, 15) is 13.2 Å². The quantitative estimate of drug-likeness (QED) is 0.253. The van der Waals surface area contributed by atoms with E-state index in [0.717, 1.165) is 39.1 Å². The fourth-order valence-corrected chi connectivity index (χ4v) is 5.97. The highest BCUT2D eigenvalue weighted by molar-refractivity contribution is 7.90. The van der Waals surface area contributed by atoms with Crippen LogP contribution in [0.1, 0.15) is 47.1 Å². The molecule has 9 heteroatoms. The lowest BCUT2D eigenvalue weighted by atomic mass is 9.93. The maximum atomic E-state index is 11.8. The molecular formula is C31H34O8S. The van der Waals surface area contributed by atoms with Gasteiger partial charge in [0.1, 0.15) is 27.9 Å². The van der Waals surface area contributed by atoms with Crippen LogP contribution in [0, 0.1) is 13.8 Å². The van der Waals surface area contributed by atoms with Crippen molar-refractivity contribution in [3.8, 4) is 34.1 Å². The topological polar surface area (TPSA) is 97.4 Å². The van der Waals surface area contributed by atoms with Crippen LogP contribution >= 0.6 is 0 Å². The molecule has 212 valence electrons. The maximum Gasteiger partial charge on any atom is 0.306 e. The van der Waals surface area contributed by atoms with Gasteiger partial charge in [-0.2, -0.15) is 0 Å². The van der Waals surface area contributed by atoms with Crippen molar-refractivity contribution in [3.63, 3.8) is 0 Å². The van der Waals surface area contributed by atoms with Gasteiger partial charge < -0.3 is 23.7 Å². The number of fused-ring (bicyclic) bond motifs is 2. The number of aryl methyl sites for hydroxylation is 2. The van der Waals surface area contributed by atoms with Crippen molar-refractivity contribution >= 4 is 15.8 Å². The van der Waals surface area contributed by atoms with Gasteiger partial charge in [-0.05, 0) is 72.4 Å². The Balaban J connectivity index is 1.31. The van der Waals surface area contributed by atoms with Gasteiger partial charge in [-0.3, -0.25) is 4.79 Å². The number of carbonyl (C=O) groups excluding carboxylic acids is 1. The van der Waals surface area contributed by atoms with Crippen LogP contribution < -0.4 is 18.9 Å². The molecule has 2 aliphatic heterocycles. The standard InChI is InChI=1S/C31H34O8S/c1-19-11-24(36-9-6-10-40(4,33)34)12-20(2)31(19)22-8-5-7-21(13-22)29-18-38-27-15-25-23(14-30(32)35-3)17-37-26(25)16-28(27)39-29/h5,7-8,11-13,15-16,23,29H,6,9-10,14,17-18H2,1-4H3/t23-,29+/m1/s1. The molecule has 5 rings (SSSR count). The average molecular weight is 567 g/mol. The van der Waals surface area contributed by atoms with Gasteiger partial charge >= 0.3 is 5.97 Å². The van der Waals surface area contributed by atoms with Crippen molar-refractivity contribution in [2.45, 2.75) is 38.7 Å². The van der Waals surface area contributed by atoms with Gasteiger partial charge in [0.2, 0.25) is 0 Å². The zero-order valence-electron chi connectivity index (χ0n) is 23.2. The second-order valence-corrected chi connectivity index (χ2v) is 12.7. The molecule has 0 aliphatic carbocycles. The fraction of sp³-hybridized carbons (Fsp3) is 0.387. The summed E-state index contributed by atoms with van der Waals surface area (Å²) >= 11 is 0. The van der Waals surface area contributed by atoms with Crippen LogP contribution in [0.4, 0.5) is 0 Å². The molecule has 3 aromatic rings. The monoisotopic (exact) mass is 566 g/mol. The SMILES string of the molecule is COC(=O)C[C@@H]1COc2cc3c(cc21)OC[C@@H](c1cccc(-c2c(C)cc(OCCCS(C)(=O)=O)cc2C)c1)O3. The number of ether oxygens (including phenoxy) is 5. The first kappa shape index (κ1) is 27.8. The van der Waals surface area contributed by atoms with Crippen molar-refractivity contribution in [3.05, 3.63) is 70.8 Å². The number of rotatable bonds is 9. The summed E-state index contributed by atoms with van der Waals surface area (Å²) in [7, 11) is -1.61. The Kier molecular flexibility index (Phi) is 7.94. The predicted molar refractivity (Wildman–Crippen MR) is 151 cm³/mol. The summed E-state index contributed by atoms with van der Waals surface area (Å²) in [5.41, 5.74) is 6.24. The Morgan fingerprint density at radius 3 is 2.45 bits per heavy atom. The lowest BCUT2D eigenvalue weighted by Crippen LogP contribution is -2.21.